The molecule has 2 aromatic heterocycles. The summed E-state index contributed by atoms with van der Waals surface area (Å²) in [5.74, 6) is -2.66. The van der Waals surface area contributed by atoms with Crippen molar-refractivity contribution in [2.45, 2.75) is 45.4 Å². The molecular formula is C28H36N7O10S2+. The average molecular weight is 695 g/mol. The van der Waals surface area contributed by atoms with Crippen molar-refractivity contribution in [3.05, 3.63) is 35.5 Å². The van der Waals surface area contributed by atoms with Gasteiger partial charge in [-0.2, -0.15) is 18.2 Å². The van der Waals surface area contributed by atoms with Crippen molar-refractivity contribution in [2.24, 2.45) is 30.0 Å². The molecule has 0 saturated carbocycles. The summed E-state index contributed by atoms with van der Waals surface area (Å²) < 4.78 is 45.5. The number of aryl methyl sites for hydroxylation is 1. The Morgan fingerprint density at radius 3 is 2.66 bits per heavy atom. The first-order valence-electron chi connectivity index (χ1n) is 14.6. The molecule has 2 fully saturated rings. The number of nitrogen functional groups attached to an aromatic ring is 1. The maximum absolute atomic E-state index is 13.4. The number of aromatic nitrogens is 3. The number of carbonyl (C=O) groups is 3. The van der Waals surface area contributed by atoms with Crippen LogP contribution in [0.15, 0.2) is 34.9 Å². The van der Waals surface area contributed by atoms with Crippen molar-refractivity contribution in [2.75, 3.05) is 25.4 Å². The molecule has 17 nitrogen and oxygen atoms in total. The zero-order chi connectivity index (χ0) is 34.3. The van der Waals surface area contributed by atoms with Crippen LogP contribution in [0, 0.1) is 17.8 Å². The van der Waals surface area contributed by atoms with Gasteiger partial charge in [-0.25, -0.2) is 9.78 Å². The number of fused-ring (bicyclic) bond motifs is 1. The van der Waals surface area contributed by atoms with Crippen LogP contribution in [0.2, 0.25) is 0 Å². The number of oxime groups is 1. The van der Waals surface area contributed by atoms with Crippen molar-refractivity contribution in [3.8, 4) is 5.75 Å². The summed E-state index contributed by atoms with van der Waals surface area (Å²) in [4.78, 5) is 47.4. The molecule has 0 spiro atoms. The van der Waals surface area contributed by atoms with Gasteiger partial charge in [0.25, 0.3) is 12.0 Å². The highest BCUT2D eigenvalue weighted by molar-refractivity contribution is 7.80. The molecule has 1 amide bonds. The van der Waals surface area contributed by atoms with Crippen LogP contribution < -0.4 is 20.5 Å². The number of nitrogens with zero attached hydrogens (tertiary/aromatic N) is 5. The number of carbonyl (C=O) groups excluding carboxylic acids is 2. The highest BCUT2D eigenvalue weighted by atomic mass is 32.3. The van der Waals surface area contributed by atoms with Gasteiger partial charge in [-0.3, -0.25) is 14.1 Å². The van der Waals surface area contributed by atoms with Crippen molar-refractivity contribution < 1.29 is 51.0 Å². The zero-order valence-corrected chi connectivity index (χ0v) is 27.7. The van der Waals surface area contributed by atoms with Gasteiger partial charge in [0.15, 0.2) is 23.2 Å². The fraction of sp³-hybridized carbons (Fsp3) is 0.500. The number of β-lactam (4-membered cyclic amide) rings is 1. The van der Waals surface area contributed by atoms with E-state index >= 15 is 0 Å². The van der Waals surface area contributed by atoms with Gasteiger partial charge < -0.3 is 25.7 Å². The highest BCUT2D eigenvalue weighted by Gasteiger charge is 2.57. The number of hydrogen-bond acceptors (Lipinski definition) is 13. The number of rotatable bonds is 14. The van der Waals surface area contributed by atoms with Crippen LogP contribution in [0.5, 0.6) is 5.75 Å². The van der Waals surface area contributed by atoms with E-state index < -0.39 is 64.4 Å². The SMILES string of the molecule is C[C@@H]1CNCC1C[n+]1cc2cc(OC[C@H](O/N=C(\C(=O)C[C@@H]3C(=O)N(OS(=O)(=O)O)C3(C)C)c3csc(N)n3)C(=O)O)ccc2n1C. The van der Waals surface area contributed by atoms with E-state index in [-0.39, 0.29) is 10.8 Å². The lowest BCUT2D eigenvalue weighted by Gasteiger charge is -2.50. The third kappa shape index (κ3) is 7.38. The van der Waals surface area contributed by atoms with E-state index in [0.29, 0.717) is 22.6 Å². The predicted octanol–water partition coefficient (Wildman–Crippen LogP) is 0.544. The molecule has 2 aliphatic rings. The van der Waals surface area contributed by atoms with E-state index in [0.717, 1.165) is 41.9 Å². The average Bonchev–Trinajstić information content (AvgIpc) is 3.69. The number of aliphatic carboxylic acids is 1. The molecule has 254 valence electrons. The number of Topliss-reactive ketones (excluding diaryl/α,β-unsaturated/α-hetero) is 1. The van der Waals surface area contributed by atoms with Crippen molar-refractivity contribution in [1.29, 1.82) is 0 Å². The second-order valence-corrected chi connectivity index (χ2v) is 14.0. The van der Waals surface area contributed by atoms with Crippen LogP contribution in [0.25, 0.3) is 10.9 Å². The van der Waals surface area contributed by atoms with Gasteiger partial charge >= 0.3 is 16.4 Å². The Labute approximate surface area is 273 Å². The molecule has 0 aliphatic carbocycles. The van der Waals surface area contributed by atoms with Gasteiger partial charge in [-0.1, -0.05) is 12.1 Å². The summed E-state index contributed by atoms with van der Waals surface area (Å²) in [6, 6.07) is 5.39. The lowest BCUT2D eigenvalue weighted by molar-refractivity contribution is -0.776. The number of ether oxygens (including phenoxy) is 1. The molecule has 5 N–H and O–H groups in total. The van der Waals surface area contributed by atoms with Crippen molar-refractivity contribution in [3.63, 3.8) is 0 Å². The number of hydroxylamine groups is 2. The minimum absolute atomic E-state index is 0.0104. The summed E-state index contributed by atoms with van der Waals surface area (Å²) in [7, 11) is -3.01. The minimum atomic E-state index is -4.98. The molecule has 2 aliphatic heterocycles. The number of amides is 1. The third-order valence-corrected chi connectivity index (χ3v) is 9.54. The molecular weight excluding hydrogens is 658 g/mol. The molecule has 47 heavy (non-hydrogen) atoms. The van der Waals surface area contributed by atoms with Gasteiger partial charge in [0, 0.05) is 24.3 Å². The van der Waals surface area contributed by atoms with Crippen LogP contribution >= 0.6 is 11.3 Å². The Bertz CT molecular complexity index is 1840. The van der Waals surface area contributed by atoms with E-state index in [2.05, 4.69) is 36.0 Å². The van der Waals surface area contributed by atoms with Crippen LogP contribution in [-0.2, 0) is 47.5 Å². The molecule has 0 bridgehead atoms. The lowest BCUT2D eigenvalue weighted by atomic mass is 9.74. The van der Waals surface area contributed by atoms with Gasteiger partial charge in [0.2, 0.25) is 6.20 Å². The maximum Gasteiger partial charge on any atom is 0.418 e. The zero-order valence-electron chi connectivity index (χ0n) is 26.0. The van der Waals surface area contributed by atoms with E-state index in [9.17, 15) is 27.9 Å². The Balaban J connectivity index is 1.29. The summed E-state index contributed by atoms with van der Waals surface area (Å²) in [5, 5.41) is 19.9. The second kappa shape index (κ2) is 13.1. The Morgan fingerprint density at radius 2 is 2.06 bits per heavy atom. The summed E-state index contributed by atoms with van der Waals surface area (Å²) in [6.45, 7) is 7.42. The third-order valence-electron chi connectivity index (χ3n) is 8.53. The number of thiazole rings is 1. The number of nitrogens with two attached hydrogens (primary N) is 1. The number of ketones is 1. The number of nitrogens with one attached hydrogen (secondary N) is 1. The van der Waals surface area contributed by atoms with E-state index in [1.807, 2.05) is 19.3 Å². The molecule has 0 radical (unpaired) electrons. The maximum atomic E-state index is 13.4. The number of anilines is 1. The first-order valence-corrected chi connectivity index (χ1v) is 16.8. The fourth-order valence-electron chi connectivity index (χ4n) is 5.65. The van der Waals surface area contributed by atoms with Gasteiger partial charge in [-0.15, -0.1) is 20.3 Å². The van der Waals surface area contributed by atoms with Gasteiger partial charge in [0.05, 0.1) is 23.9 Å². The van der Waals surface area contributed by atoms with Crippen LogP contribution in [-0.4, -0.2) is 87.5 Å². The molecule has 5 rings (SSSR count). The topological polar surface area (TPSA) is 229 Å². The Morgan fingerprint density at radius 1 is 1.32 bits per heavy atom. The van der Waals surface area contributed by atoms with Crippen LogP contribution in [0.3, 0.4) is 0 Å². The van der Waals surface area contributed by atoms with E-state index in [4.69, 9.17) is 19.9 Å². The molecule has 4 heterocycles. The molecule has 2 saturated heterocycles. The van der Waals surface area contributed by atoms with Crippen LogP contribution in [0.1, 0.15) is 32.9 Å². The first-order chi connectivity index (χ1) is 22.0. The predicted molar refractivity (Wildman–Crippen MR) is 166 cm³/mol. The summed E-state index contributed by atoms with van der Waals surface area (Å²) in [5.41, 5.74) is 4.99. The first kappa shape index (κ1) is 34.2. The normalized spacial score (nSPS) is 21.9. The molecule has 4 atom stereocenters. The van der Waals surface area contributed by atoms with Crippen molar-refractivity contribution >= 4 is 61.1 Å². The van der Waals surface area contributed by atoms with E-state index in [1.54, 1.807) is 12.1 Å². The fourth-order valence-corrected chi connectivity index (χ4v) is 6.65. The Kier molecular flexibility index (Phi) is 9.56. The number of carboxylic acid groups (broad SMARTS) is 1. The largest absolute Gasteiger partial charge is 0.489 e. The smallest absolute Gasteiger partial charge is 0.418 e. The lowest BCUT2D eigenvalue weighted by Crippen LogP contribution is -2.68. The van der Waals surface area contributed by atoms with Gasteiger partial charge in [-0.05, 0) is 44.5 Å². The van der Waals surface area contributed by atoms with Gasteiger partial charge in [0.1, 0.15) is 23.6 Å². The second-order valence-electron chi connectivity index (χ2n) is 12.1. The quantitative estimate of drug-likeness (QED) is 0.0595. The number of benzene rings is 1. The molecule has 3 aromatic rings. The summed E-state index contributed by atoms with van der Waals surface area (Å²) in [6.07, 6.45) is -0.109. The van der Waals surface area contributed by atoms with Crippen molar-refractivity contribution in [1.82, 2.24) is 20.0 Å². The number of hydrogen-bond donors (Lipinski definition) is 4. The summed E-state index contributed by atoms with van der Waals surface area (Å²) >= 11 is 0.997. The van der Waals surface area contributed by atoms with E-state index in [1.165, 1.54) is 19.2 Å². The highest BCUT2D eigenvalue weighted by Crippen LogP contribution is 2.40. The Hall–Kier alpha value is -4.17. The van der Waals surface area contributed by atoms with Crippen LogP contribution in [0.4, 0.5) is 5.13 Å². The molecule has 1 aromatic carbocycles. The minimum Gasteiger partial charge on any atom is -0.489 e. The molecule has 1 unspecified atom stereocenters. The number of carboxylic acids is 1. The monoisotopic (exact) mass is 694 g/mol. The standard InChI is InChI=1S/C28H35N7O10S2/c1-15-9-30-10-17(15)12-34-11-16-7-18(5-6-21(16)33(34)4)43-13-23(26(38)39)44-32-24(20-14-46-27(29)31-20)22(36)8-19-25(37)35(28(19,2)3)45-47(40,41)42/h5-7,11,14-15,17,19,23,30H,8-10,12-13H2,1-4H3,(H3-,29,31,38,39,40,41,42)/p+1/b32-24-/t15-,17?,19-,23+/m1/s1. The molecule has 19 heteroatoms.